The van der Waals surface area contributed by atoms with Crippen molar-refractivity contribution in [3.05, 3.63) is 36.4 Å². The maximum absolute atomic E-state index is 12.8. The molecule has 2 amide bonds. The molecule has 1 saturated heterocycles. The second kappa shape index (κ2) is 8.19. The van der Waals surface area contributed by atoms with Crippen LogP contribution in [-0.4, -0.2) is 44.7 Å². The van der Waals surface area contributed by atoms with E-state index in [4.69, 9.17) is 14.2 Å². The standard InChI is InChI=1S/C21H21N3O5S/c1-27-14-6-4-5-13(8-14)24-11-12(7-19(24)25)20(26)23-21-22-15-9-16(28-2)17(29-3)10-18(15)30-21/h4-6,8-10,12H,7,11H2,1-3H3,(H,22,23,26)/t12-/m1/s1. The number of thiazole rings is 1. The lowest BCUT2D eigenvalue weighted by atomic mass is 10.1. The largest absolute Gasteiger partial charge is 0.497 e. The molecule has 0 unspecified atom stereocenters. The normalized spacial score (nSPS) is 16.0. The summed E-state index contributed by atoms with van der Waals surface area (Å²) in [6.45, 7) is 0.310. The van der Waals surface area contributed by atoms with Gasteiger partial charge in [-0.3, -0.25) is 9.59 Å². The van der Waals surface area contributed by atoms with Crippen molar-refractivity contribution in [1.29, 1.82) is 0 Å². The molecule has 1 aliphatic rings. The summed E-state index contributed by atoms with van der Waals surface area (Å²) in [5, 5.41) is 3.32. The molecule has 1 aromatic heterocycles. The highest BCUT2D eigenvalue weighted by Gasteiger charge is 2.35. The van der Waals surface area contributed by atoms with E-state index in [1.165, 1.54) is 11.3 Å². The van der Waals surface area contributed by atoms with Gasteiger partial charge in [0.25, 0.3) is 0 Å². The Bertz CT molecular complexity index is 1070. The van der Waals surface area contributed by atoms with Gasteiger partial charge in [-0.05, 0) is 12.1 Å². The molecule has 156 valence electrons. The zero-order chi connectivity index (χ0) is 21.3. The number of hydrogen-bond donors (Lipinski definition) is 1. The van der Waals surface area contributed by atoms with E-state index in [-0.39, 0.29) is 18.2 Å². The van der Waals surface area contributed by atoms with Crippen LogP contribution in [-0.2, 0) is 9.59 Å². The number of aromatic nitrogens is 1. The van der Waals surface area contributed by atoms with Crippen LogP contribution in [0.4, 0.5) is 10.8 Å². The molecule has 0 saturated carbocycles. The third-order valence-electron chi connectivity index (χ3n) is 4.98. The van der Waals surface area contributed by atoms with Crippen LogP contribution in [0, 0.1) is 5.92 Å². The Morgan fingerprint density at radius 2 is 1.90 bits per heavy atom. The first-order valence-corrected chi connectivity index (χ1v) is 10.1. The number of carbonyl (C=O) groups is 2. The summed E-state index contributed by atoms with van der Waals surface area (Å²) in [5.74, 6) is 1.05. The first kappa shape index (κ1) is 20.0. The minimum absolute atomic E-state index is 0.0952. The predicted octanol–water partition coefficient (Wildman–Crippen LogP) is 3.31. The molecule has 1 fully saturated rings. The van der Waals surface area contributed by atoms with Gasteiger partial charge in [-0.25, -0.2) is 4.98 Å². The van der Waals surface area contributed by atoms with Crippen molar-refractivity contribution in [2.75, 3.05) is 38.1 Å². The molecular formula is C21H21N3O5S. The minimum Gasteiger partial charge on any atom is -0.497 e. The third-order valence-corrected chi connectivity index (χ3v) is 5.92. The summed E-state index contributed by atoms with van der Waals surface area (Å²) in [4.78, 5) is 31.3. The van der Waals surface area contributed by atoms with Crippen molar-refractivity contribution < 1.29 is 23.8 Å². The number of carbonyl (C=O) groups excluding carboxylic acids is 2. The first-order valence-electron chi connectivity index (χ1n) is 9.30. The molecule has 30 heavy (non-hydrogen) atoms. The number of anilines is 2. The van der Waals surface area contributed by atoms with E-state index < -0.39 is 5.92 Å². The van der Waals surface area contributed by atoms with E-state index in [2.05, 4.69) is 10.3 Å². The number of methoxy groups -OCH3 is 3. The SMILES string of the molecule is COc1cccc(N2C[C@H](C(=O)Nc3nc4cc(OC)c(OC)cc4s3)CC2=O)c1. The number of ether oxygens (including phenoxy) is 3. The highest BCUT2D eigenvalue weighted by molar-refractivity contribution is 7.22. The molecule has 0 bridgehead atoms. The van der Waals surface area contributed by atoms with Gasteiger partial charge in [0.05, 0.1) is 37.5 Å². The van der Waals surface area contributed by atoms with Crippen molar-refractivity contribution in [3.8, 4) is 17.2 Å². The lowest BCUT2D eigenvalue weighted by Crippen LogP contribution is -2.28. The molecule has 9 heteroatoms. The minimum atomic E-state index is -0.459. The molecular weight excluding hydrogens is 406 g/mol. The molecule has 0 spiro atoms. The van der Waals surface area contributed by atoms with Crippen LogP contribution in [0.5, 0.6) is 17.2 Å². The Labute approximate surface area is 177 Å². The fourth-order valence-corrected chi connectivity index (χ4v) is 4.31. The maximum atomic E-state index is 12.8. The van der Waals surface area contributed by atoms with Crippen LogP contribution in [0.1, 0.15) is 6.42 Å². The van der Waals surface area contributed by atoms with E-state index in [9.17, 15) is 9.59 Å². The van der Waals surface area contributed by atoms with Crippen molar-refractivity contribution >= 4 is 44.2 Å². The van der Waals surface area contributed by atoms with Gasteiger partial charge in [0.2, 0.25) is 11.8 Å². The Kier molecular flexibility index (Phi) is 5.45. The summed E-state index contributed by atoms with van der Waals surface area (Å²) >= 11 is 1.34. The zero-order valence-electron chi connectivity index (χ0n) is 16.8. The van der Waals surface area contributed by atoms with Crippen LogP contribution in [0.15, 0.2) is 36.4 Å². The van der Waals surface area contributed by atoms with Gasteiger partial charge in [-0.1, -0.05) is 17.4 Å². The Morgan fingerprint density at radius 3 is 2.63 bits per heavy atom. The van der Waals surface area contributed by atoms with Crippen LogP contribution in [0.2, 0.25) is 0 Å². The number of amides is 2. The van der Waals surface area contributed by atoms with Gasteiger partial charge in [0.15, 0.2) is 16.6 Å². The van der Waals surface area contributed by atoms with Gasteiger partial charge in [-0.2, -0.15) is 0 Å². The van der Waals surface area contributed by atoms with E-state index in [1.54, 1.807) is 38.4 Å². The molecule has 4 rings (SSSR count). The van der Waals surface area contributed by atoms with Crippen LogP contribution >= 0.6 is 11.3 Å². The quantitative estimate of drug-likeness (QED) is 0.649. The maximum Gasteiger partial charge on any atom is 0.231 e. The van der Waals surface area contributed by atoms with Gasteiger partial charge in [0, 0.05) is 36.9 Å². The molecule has 0 aliphatic carbocycles. The summed E-state index contributed by atoms with van der Waals surface area (Å²) < 4.78 is 16.7. The molecule has 0 radical (unpaired) electrons. The summed E-state index contributed by atoms with van der Waals surface area (Å²) in [7, 11) is 4.70. The monoisotopic (exact) mass is 427 g/mol. The van der Waals surface area contributed by atoms with E-state index in [0.717, 1.165) is 4.70 Å². The van der Waals surface area contributed by atoms with Crippen molar-refractivity contribution in [2.45, 2.75) is 6.42 Å². The first-order chi connectivity index (χ1) is 14.5. The van der Waals surface area contributed by atoms with Crippen LogP contribution in [0.25, 0.3) is 10.2 Å². The number of hydrogen-bond acceptors (Lipinski definition) is 7. The number of fused-ring (bicyclic) bond motifs is 1. The molecule has 2 aromatic carbocycles. The topological polar surface area (TPSA) is 90.0 Å². The number of rotatable bonds is 6. The van der Waals surface area contributed by atoms with Crippen molar-refractivity contribution in [1.82, 2.24) is 4.98 Å². The van der Waals surface area contributed by atoms with Crippen LogP contribution < -0.4 is 24.4 Å². The smallest absolute Gasteiger partial charge is 0.231 e. The summed E-state index contributed by atoms with van der Waals surface area (Å²) in [6, 6.07) is 10.8. The van der Waals surface area contributed by atoms with E-state index in [0.29, 0.717) is 40.1 Å². The number of benzene rings is 2. The average Bonchev–Trinajstić information content (AvgIpc) is 3.34. The van der Waals surface area contributed by atoms with Crippen molar-refractivity contribution in [3.63, 3.8) is 0 Å². The molecule has 2 heterocycles. The summed E-state index contributed by atoms with van der Waals surface area (Å²) in [6.07, 6.45) is 0.148. The van der Waals surface area contributed by atoms with Gasteiger partial charge in [0.1, 0.15) is 5.75 Å². The lowest BCUT2D eigenvalue weighted by molar-refractivity contribution is -0.122. The lowest BCUT2D eigenvalue weighted by Gasteiger charge is -2.17. The molecule has 8 nitrogen and oxygen atoms in total. The molecule has 1 atom stereocenters. The highest BCUT2D eigenvalue weighted by atomic mass is 32.1. The van der Waals surface area contributed by atoms with E-state index >= 15 is 0 Å². The number of nitrogens with one attached hydrogen (secondary N) is 1. The fourth-order valence-electron chi connectivity index (χ4n) is 3.43. The van der Waals surface area contributed by atoms with Gasteiger partial charge < -0.3 is 24.4 Å². The van der Waals surface area contributed by atoms with E-state index in [1.807, 2.05) is 24.3 Å². The van der Waals surface area contributed by atoms with Crippen molar-refractivity contribution in [2.24, 2.45) is 5.92 Å². The second-order valence-electron chi connectivity index (χ2n) is 6.79. The van der Waals surface area contributed by atoms with Crippen LogP contribution in [0.3, 0.4) is 0 Å². The Hall–Kier alpha value is -3.33. The van der Waals surface area contributed by atoms with Gasteiger partial charge >= 0.3 is 0 Å². The zero-order valence-corrected chi connectivity index (χ0v) is 17.6. The third kappa shape index (κ3) is 3.76. The molecule has 1 aliphatic heterocycles. The highest BCUT2D eigenvalue weighted by Crippen LogP contribution is 2.36. The molecule has 3 aromatic rings. The average molecular weight is 427 g/mol. The predicted molar refractivity (Wildman–Crippen MR) is 115 cm³/mol. The number of nitrogens with zero attached hydrogens (tertiary/aromatic N) is 2. The van der Waals surface area contributed by atoms with Gasteiger partial charge in [-0.15, -0.1) is 0 Å². The molecule has 1 N–H and O–H groups in total. The fraction of sp³-hybridized carbons (Fsp3) is 0.286. The second-order valence-corrected chi connectivity index (χ2v) is 7.82. The summed E-state index contributed by atoms with van der Waals surface area (Å²) in [5.41, 5.74) is 1.42. The Morgan fingerprint density at radius 1 is 1.13 bits per heavy atom. The Balaban J connectivity index is 1.49.